The predicted octanol–water partition coefficient (Wildman–Crippen LogP) is 4.38. The summed E-state index contributed by atoms with van der Waals surface area (Å²) in [6, 6.07) is 7.40. The Morgan fingerprint density at radius 1 is 1.35 bits per heavy atom. The van der Waals surface area contributed by atoms with Gasteiger partial charge in [0.05, 0.1) is 0 Å². The van der Waals surface area contributed by atoms with Crippen LogP contribution in [0.25, 0.3) is 11.1 Å². The van der Waals surface area contributed by atoms with Crippen LogP contribution in [-0.2, 0) is 6.42 Å². The maximum Gasteiger partial charge on any atom is 0.0360 e. The van der Waals surface area contributed by atoms with Crippen molar-refractivity contribution >= 4 is 27.3 Å². The molecule has 1 nitrogen and oxygen atoms in total. The Morgan fingerprint density at radius 2 is 2.24 bits per heavy atom. The van der Waals surface area contributed by atoms with Crippen molar-refractivity contribution in [3.8, 4) is 11.1 Å². The Kier molecular flexibility index (Phi) is 3.07. The highest BCUT2D eigenvalue weighted by atomic mass is 79.9. The zero-order chi connectivity index (χ0) is 11.8. The Hall–Kier alpha value is -0.640. The average Bonchev–Trinajstić information content (AvgIpc) is 2.93. The number of rotatable bonds is 2. The molecule has 3 rings (SSSR count). The lowest BCUT2D eigenvalue weighted by atomic mass is 10.0. The monoisotopic (exact) mass is 307 g/mol. The quantitative estimate of drug-likeness (QED) is 0.868. The number of nitrogens with one attached hydrogen (secondary N) is 1. The van der Waals surface area contributed by atoms with E-state index in [1.54, 1.807) is 11.3 Å². The third-order valence-electron chi connectivity index (χ3n) is 3.50. The molecule has 1 heterocycles. The van der Waals surface area contributed by atoms with Crippen LogP contribution in [0.4, 0.5) is 0 Å². The predicted molar refractivity (Wildman–Crippen MR) is 77.6 cm³/mol. The lowest BCUT2D eigenvalue weighted by molar-refractivity contribution is 0.590. The van der Waals surface area contributed by atoms with Gasteiger partial charge >= 0.3 is 0 Å². The van der Waals surface area contributed by atoms with Crippen LogP contribution in [0.2, 0.25) is 0 Å². The molecule has 1 atom stereocenters. The van der Waals surface area contributed by atoms with Crippen molar-refractivity contribution < 1.29 is 0 Å². The van der Waals surface area contributed by atoms with Gasteiger partial charge in [0.1, 0.15) is 0 Å². The smallest absolute Gasteiger partial charge is 0.0360 e. The van der Waals surface area contributed by atoms with Crippen molar-refractivity contribution in [3.63, 3.8) is 0 Å². The van der Waals surface area contributed by atoms with Gasteiger partial charge in [0, 0.05) is 21.5 Å². The fourth-order valence-electron chi connectivity index (χ4n) is 2.56. The molecule has 0 saturated heterocycles. The molecule has 3 heteroatoms. The van der Waals surface area contributed by atoms with E-state index in [0.29, 0.717) is 6.04 Å². The zero-order valence-electron chi connectivity index (χ0n) is 9.66. The minimum atomic E-state index is 0.530. The van der Waals surface area contributed by atoms with Gasteiger partial charge in [-0.05, 0) is 64.0 Å². The first kappa shape index (κ1) is 11.5. The van der Waals surface area contributed by atoms with Crippen molar-refractivity contribution in [1.82, 2.24) is 5.32 Å². The molecule has 1 aromatic carbocycles. The summed E-state index contributed by atoms with van der Waals surface area (Å²) < 4.78 is 1.20. The SMILES string of the molecule is CNC1CCc2ccc(-c3cscc3Br)cc21. The van der Waals surface area contributed by atoms with Crippen LogP contribution in [0.1, 0.15) is 23.6 Å². The maximum atomic E-state index is 3.61. The first-order valence-electron chi connectivity index (χ1n) is 5.81. The number of benzene rings is 1. The van der Waals surface area contributed by atoms with E-state index in [2.05, 4.69) is 50.2 Å². The normalized spacial score (nSPS) is 18.4. The molecule has 88 valence electrons. The van der Waals surface area contributed by atoms with Crippen molar-refractivity contribution in [2.24, 2.45) is 0 Å². The molecule has 1 N–H and O–H groups in total. The lowest BCUT2D eigenvalue weighted by Crippen LogP contribution is -2.12. The van der Waals surface area contributed by atoms with E-state index in [1.807, 2.05) is 7.05 Å². The fraction of sp³-hybridized carbons (Fsp3) is 0.286. The largest absolute Gasteiger partial charge is 0.313 e. The summed E-state index contributed by atoms with van der Waals surface area (Å²) in [5.74, 6) is 0. The lowest BCUT2D eigenvalue weighted by Gasteiger charge is -2.11. The number of halogens is 1. The molecule has 1 aliphatic carbocycles. The third kappa shape index (κ3) is 1.96. The summed E-state index contributed by atoms with van der Waals surface area (Å²) in [4.78, 5) is 0. The second-order valence-electron chi connectivity index (χ2n) is 4.43. The van der Waals surface area contributed by atoms with Gasteiger partial charge in [-0.15, -0.1) is 0 Å². The number of fused-ring (bicyclic) bond motifs is 1. The summed E-state index contributed by atoms with van der Waals surface area (Å²) >= 11 is 5.35. The van der Waals surface area contributed by atoms with Crippen LogP contribution in [0.15, 0.2) is 33.4 Å². The van der Waals surface area contributed by atoms with Crippen molar-refractivity contribution in [2.75, 3.05) is 7.05 Å². The first-order valence-corrected chi connectivity index (χ1v) is 7.55. The standard InChI is InChI=1S/C14H14BrNS/c1-16-14-5-4-9-2-3-10(6-11(9)14)12-7-17-8-13(12)15/h2-3,6-8,14,16H,4-5H2,1H3. The highest BCUT2D eigenvalue weighted by molar-refractivity contribution is 9.10. The molecule has 1 aromatic heterocycles. The highest BCUT2D eigenvalue weighted by Gasteiger charge is 2.21. The molecule has 0 bridgehead atoms. The minimum Gasteiger partial charge on any atom is -0.313 e. The van der Waals surface area contributed by atoms with Gasteiger partial charge < -0.3 is 5.32 Å². The van der Waals surface area contributed by atoms with Gasteiger partial charge in [-0.1, -0.05) is 12.1 Å². The van der Waals surface area contributed by atoms with Crippen LogP contribution < -0.4 is 5.32 Å². The zero-order valence-corrected chi connectivity index (χ0v) is 12.1. The summed E-state index contributed by atoms with van der Waals surface area (Å²) in [6.45, 7) is 0. The second kappa shape index (κ2) is 4.56. The molecule has 17 heavy (non-hydrogen) atoms. The van der Waals surface area contributed by atoms with E-state index < -0.39 is 0 Å². The molecule has 0 fully saturated rings. The molecule has 0 spiro atoms. The van der Waals surface area contributed by atoms with E-state index in [-0.39, 0.29) is 0 Å². The van der Waals surface area contributed by atoms with Crippen molar-refractivity contribution in [1.29, 1.82) is 0 Å². The molecule has 1 unspecified atom stereocenters. The number of hydrogen-bond donors (Lipinski definition) is 1. The molecule has 2 aromatic rings. The van der Waals surface area contributed by atoms with Gasteiger partial charge in [-0.25, -0.2) is 0 Å². The molecular formula is C14H14BrNS. The number of aryl methyl sites for hydroxylation is 1. The molecule has 1 aliphatic rings. The van der Waals surface area contributed by atoms with E-state index in [1.165, 1.54) is 39.6 Å². The summed E-state index contributed by atoms with van der Waals surface area (Å²) in [5, 5.41) is 7.74. The van der Waals surface area contributed by atoms with Crippen LogP contribution in [0, 0.1) is 0 Å². The number of thiophene rings is 1. The van der Waals surface area contributed by atoms with E-state index >= 15 is 0 Å². The summed E-state index contributed by atoms with van der Waals surface area (Å²) in [5.41, 5.74) is 5.60. The Morgan fingerprint density at radius 3 is 2.94 bits per heavy atom. The van der Waals surface area contributed by atoms with Gasteiger partial charge in [-0.2, -0.15) is 11.3 Å². The average molecular weight is 308 g/mol. The van der Waals surface area contributed by atoms with E-state index in [9.17, 15) is 0 Å². The first-order chi connectivity index (χ1) is 8.29. The molecule has 0 aliphatic heterocycles. The molecular weight excluding hydrogens is 294 g/mol. The maximum absolute atomic E-state index is 3.61. The Labute approximate surface area is 114 Å². The summed E-state index contributed by atoms with van der Waals surface area (Å²) in [6.07, 6.45) is 2.42. The Balaban J connectivity index is 2.07. The molecule has 0 amide bonds. The van der Waals surface area contributed by atoms with Gasteiger partial charge in [0.15, 0.2) is 0 Å². The van der Waals surface area contributed by atoms with E-state index in [4.69, 9.17) is 0 Å². The Bertz CT molecular complexity index is 547. The minimum absolute atomic E-state index is 0.530. The molecule has 0 saturated carbocycles. The number of hydrogen-bond acceptors (Lipinski definition) is 2. The van der Waals surface area contributed by atoms with Gasteiger partial charge in [-0.3, -0.25) is 0 Å². The highest BCUT2D eigenvalue weighted by Crippen LogP contribution is 2.37. The van der Waals surface area contributed by atoms with E-state index in [0.717, 1.165) is 0 Å². The summed E-state index contributed by atoms with van der Waals surface area (Å²) in [7, 11) is 2.05. The van der Waals surface area contributed by atoms with Crippen molar-refractivity contribution in [2.45, 2.75) is 18.9 Å². The van der Waals surface area contributed by atoms with Gasteiger partial charge in [0.25, 0.3) is 0 Å². The van der Waals surface area contributed by atoms with Crippen molar-refractivity contribution in [3.05, 3.63) is 44.6 Å². The van der Waals surface area contributed by atoms with Crippen LogP contribution >= 0.6 is 27.3 Å². The third-order valence-corrected chi connectivity index (χ3v) is 5.20. The van der Waals surface area contributed by atoms with Crippen LogP contribution in [0.5, 0.6) is 0 Å². The van der Waals surface area contributed by atoms with Gasteiger partial charge in [0.2, 0.25) is 0 Å². The topological polar surface area (TPSA) is 12.0 Å². The molecule has 0 radical (unpaired) electrons. The fourth-order valence-corrected chi connectivity index (χ4v) is 4.09. The second-order valence-corrected chi connectivity index (χ2v) is 6.02. The van der Waals surface area contributed by atoms with Crippen LogP contribution in [-0.4, -0.2) is 7.05 Å². The van der Waals surface area contributed by atoms with Crippen LogP contribution in [0.3, 0.4) is 0 Å².